The van der Waals surface area contributed by atoms with Crippen LogP contribution in [0.1, 0.15) is 13.8 Å². The number of benzene rings is 2. The highest BCUT2D eigenvalue weighted by molar-refractivity contribution is 7.92. The van der Waals surface area contributed by atoms with Crippen LogP contribution in [-0.4, -0.2) is 47.4 Å². The molecule has 0 saturated heterocycles. The van der Waals surface area contributed by atoms with Gasteiger partial charge in [-0.25, -0.2) is 12.8 Å². The summed E-state index contributed by atoms with van der Waals surface area (Å²) in [4.78, 5) is 12.2. The smallest absolute Gasteiger partial charge is 0.262 e. The van der Waals surface area contributed by atoms with Crippen LogP contribution in [0.4, 0.5) is 15.8 Å². The second kappa shape index (κ2) is 10.9. The van der Waals surface area contributed by atoms with Crippen molar-refractivity contribution in [3.8, 4) is 5.75 Å². The third-order valence-corrected chi connectivity index (χ3v) is 5.39. The number of carbonyl (C=O) groups excluding carboxylic acids is 1. The van der Waals surface area contributed by atoms with Crippen LogP contribution in [0.25, 0.3) is 0 Å². The van der Waals surface area contributed by atoms with E-state index in [1.807, 2.05) is 6.92 Å². The van der Waals surface area contributed by atoms with Crippen molar-refractivity contribution in [1.82, 2.24) is 0 Å². The average Bonchev–Trinajstić information content (AvgIpc) is 2.71. The van der Waals surface area contributed by atoms with Crippen molar-refractivity contribution in [2.75, 3.05) is 37.0 Å². The summed E-state index contributed by atoms with van der Waals surface area (Å²) in [5, 5.41) is 2.66. The van der Waals surface area contributed by atoms with Gasteiger partial charge in [-0.15, -0.1) is 0 Å². The first kappa shape index (κ1) is 23.6. The van der Waals surface area contributed by atoms with Crippen LogP contribution in [0.3, 0.4) is 0 Å². The van der Waals surface area contributed by atoms with E-state index in [0.717, 1.165) is 24.3 Å². The molecule has 0 bridgehead atoms. The molecule has 2 rings (SSSR count). The van der Waals surface area contributed by atoms with E-state index in [9.17, 15) is 17.6 Å². The minimum absolute atomic E-state index is 0.114. The first-order chi connectivity index (χ1) is 14.3. The van der Waals surface area contributed by atoms with Crippen LogP contribution in [0.5, 0.6) is 5.75 Å². The number of rotatable bonds is 11. The molecular formula is C20H25FN2O6S. The maximum Gasteiger partial charge on any atom is 0.262 e. The summed E-state index contributed by atoms with van der Waals surface area (Å²) in [6.45, 7) is 4.68. The van der Waals surface area contributed by atoms with Gasteiger partial charge in [-0.05, 0) is 56.3 Å². The summed E-state index contributed by atoms with van der Waals surface area (Å²) < 4.78 is 56.4. The first-order valence-electron chi connectivity index (χ1n) is 9.23. The number of hydrogen-bond donors (Lipinski definition) is 2. The van der Waals surface area contributed by atoms with E-state index in [-0.39, 0.29) is 22.9 Å². The molecule has 2 N–H and O–H groups in total. The molecule has 0 heterocycles. The van der Waals surface area contributed by atoms with Gasteiger partial charge in [-0.3, -0.25) is 9.52 Å². The molecule has 0 fully saturated rings. The number of nitrogens with one attached hydrogen (secondary N) is 2. The molecule has 0 aliphatic carbocycles. The van der Waals surface area contributed by atoms with Crippen molar-refractivity contribution in [2.24, 2.45) is 0 Å². The van der Waals surface area contributed by atoms with Crippen molar-refractivity contribution < 1.29 is 31.8 Å². The van der Waals surface area contributed by atoms with Crippen LogP contribution in [0.2, 0.25) is 0 Å². The van der Waals surface area contributed by atoms with E-state index in [0.29, 0.717) is 18.9 Å². The number of amides is 1. The zero-order chi connectivity index (χ0) is 22.1. The Hall–Kier alpha value is -2.69. The summed E-state index contributed by atoms with van der Waals surface area (Å²) in [6, 6.07) is 8.90. The van der Waals surface area contributed by atoms with E-state index >= 15 is 0 Å². The largest absolute Gasteiger partial charge is 0.495 e. The van der Waals surface area contributed by atoms with E-state index in [4.69, 9.17) is 14.2 Å². The third kappa shape index (κ3) is 6.68. The highest BCUT2D eigenvalue weighted by Crippen LogP contribution is 2.30. The topological polar surface area (TPSA) is 103 Å². The summed E-state index contributed by atoms with van der Waals surface area (Å²) in [5.74, 6) is -0.697. The maximum absolute atomic E-state index is 13.1. The molecule has 0 saturated carbocycles. The fraction of sp³-hybridized carbons (Fsp3) is 0.350. The van der Waals surface area contributed by atoms with Gasteiger partial charge in [0.2, 0.25) is 0 Å². The molecule has 1 amide bonds. The predicted molar refractivity (Wildman–Crippen MR) is 111 cm³/mol. The highest BCUT2D eigenvalue weighted by atomic mass is 32.2. The van der Waals surface area contributed by atoms with Gasteiger partial charge < -0.3 is 19.5 Å². The van der Waals surface area contributed by atoms with E-state index in [1.54, 1.807) is 13.0 Å². The molecule has 0 aliphatic heterocycles. The van der Waals surface area contributed by atoms with Gasteiger partial charge in [0.05, 0.1) is 30.9 Å². The molecule has 164 valence electrons. The molecule has 2 aromatic rings. The molecular weight excluding hydrogens is 415 g/mol. The number of halogens is 1. The zero-order valence-corrected chi connectivity index (χ0v) is 17.8. The average molecular weight is 440 g/mol. The van der Waals surface area contributed by atoms with Crippen molar-refractivity contribution in [3.63, 3.8) is 0 Å². The molecule has 0 aliphatic rings. The Bertz CT molecular complexity index is 950. The molecule has 0 aromatic heterocycles. The van der Waals surface area contributed by atoms with Crippen molar-refractivity contribution in [1.29, 1.82) is 0 Å². The van der Waals surface area contributed by atoms with Gasteiger partial charge in [0.25, 0.3) is 15.9 Å². The molecule has 30 heavy (non-hydrogen) atoms. The number of sulfonamides is 1. The number of anilines is 2. The molecule has 10 heteroatoms. The number of methoxy groups -OCH3 is 1. The van der Waals surface area contributed by atoms with Gasteiger partial charge >= 0.3 is 0 Å². The Labute approximate surface area is 175 Å². The highest BCUT2D eigenvalue weighted by Gasteiger charge is 2.19. The predicted octanol–water partition coefficient (Wildman–Crippen LogP) is 3.02. The van der Waals surface area contributed by atoms with Gasteiger partial charge in [-0.1, -0.05) is 0 Å². The van der Waals surface area contributed by atoms with Crippen LogP contribution < -0.4 is 14.8 Å². The maximum atomic E-state index is 13.1. The van der Waals surface area contributed by atoms with Gasteiger partial charge in [-0.2, -0.15) is 0 Å². The van der Waals surface area contributed by atoms with Crippen LogP contribution in [-0.2, 0) is 24.3 Å². The fourth-order valence-electron chi connectivity index (χ4n) is 2.43. The summed E-state index contributed by atoms with van der Waals surface area (Å²) in [5.41, 5.74) is 0.461. The summed E-state index contributed by atoms with van der Waals surface area (Å²) >= 11 is 0. The second-order valence-electron chi connectivity index (χ2n) is 6.17. The quantitative estimate of drug-likeness (QED) is 0.521. The minimum Gasteiger partial charge on any atom is -0.495 e. The SMILES string of the molecule is CCOCCOC(C)C(=O)Nc1ccc(OC)c(NS(=O)(=O)c2ccc(F)cc2)c1. The van der Waals surface area contributed by atoms with Crippen LogP contribution >= 0.6 is 0 Å². The van der Waals surface area contributed by atoms with Gasteiger partial charge in [0, 0.05) is 12.3 Å². The molecule has 0 spiro atoms. The molecule has 1 unspecified atom stereocenters. The summed E-state index contributed by atoms with van der Waals surface area (Å²) in [7, 11) is -2.60. The Morgan fingerprint density at radius 1 is 1.13 bits per heavy atom. The zero-order valence-electron chi connectivity index (χ0n) is 17.0. The van der Waals surface area contributed by atoms with Gasteiger partial charge in [0.15, 0.2) is 0 Å². The monoisotopic (exact) mass is 440 g/mol. The van der Waals surface area contributed by atoms with Crippen molar-refractivity contribution >= 4 is 27.3 Å². The second-order valence-corrected chi connectivity index (χ2v) is 7.86. The Balaban J connectivity index is 2.13. The Morgan fingerprint density at radius 2 is 1.83 bits per heavy atom. The standard InChI is InChI=1S/C20H25FN2O6S/c1-4-28-11-12-29-14(2)20(24)22-16-7-10-19(27-3)18(13-16)23-30(25,26)17-8-5-15(21)6-9-17/h5-10,13-14,23H,4,11-12H2,1-3H3,(H,22,24). The Morgan fingerprint density at radius 3 is 2.47 bits per heavy atom. The van der Waals surface area contributed by atoms with Crippen molar-refractivity contribution in [2.45, 2.75) is 24.8 Å². The molecule has 8 nitrogen and oxygen atoms in total. The number of ether oxygens (including phenoxy) is 3. The van der Waals surface area contributed by atoms with Crippen molar-refractivity contribution in [3.05, 3.63) is 48.3 Å². The Kier molecular flexibility index (Phi) is 8.58. The lowest BCUT2D eigenvalue weighted by atomic mass is 10.2. The fourth-order valence-corrected chi connectivity index (χ4v) is 3.49. The molecule has 1 atom stereocenters. The van der Waals surface area contributed by atoms with Crippen LogP contribution in [0, 0.1) is 5.82 Å². The van der Waals surface area contributed by atoms with E-state index in [2.05, 4.69) is 10.0 Å². The summed E-state index contributed by atoms with van der Waals surface area (Å²) in [6.07, 6.45) is -0.730. The third-order valence-electron chi connectivity index (χ3n) is 4.00. The minimum atomic E-state index is -3.99. The lowest BCUT2D eigenvalue weighted by molar-refractivity contribution is -0.127. The van der Waals surface area contributed by atoms with E-state index in [1.165, 1.54) is 19.2 Å². The lowest BCUT2D eigenvalue weighted by Crippen LogP contribution is -2.29. The van der Waals surface area contributed by atoms with Gasteiger partial charge in [0.1, 0.15) is 17.7 Å². The first-order valence-corrected chi connectivity index (χ1v) is 10.7. The number of carbonyl (C=O) groups is 1. The number of hydrogen-bond acceptors (Lipinski definition) is 6. The normalized spacial score (nSPS) is 12.3. The lowest BCUT2D eigenvalue weighted by Gasteiger charge is -2.16. The molecule has 0 radical (unpaired) electrons. The molecule has 2 aromatic carbocycles. The van der Waals surface area contributed by atoms with E-state index < -0.39 is 27.9 Å². The van der Waals surface area contributed by atoms with Crippen LogP contribution in [0.15, 0.2) is 47.4 Å².